The van der Waals surface area contributed by atoms with Gasteiger partial charge in [-0.1, -0.05) is 13.3 Å². The van der Waals surface area contributed by atoms with Gasteiger partial charge in [-0.25, -0.2) is 4.79 Å². The number of likely N-dealkylation sites (tertiary alicyclic amines) is 1. The van der Waals surface area contributed by atoms with Crippen molar-refractivity contribution in [1.29, 1.82) is 0 Å². The summed E-state index contributed by atoms with van der Waals surface area (Å²) in [6, 6.07) is -0.208. The van der Waals surface area contributed by atoms with Gasteiger partial charge in [-0.15, -0.1) is 0 Å². The van der Waals surface area contributed by atoms with Crippen molar-refractivity contribution in [2.24, 2.45) is 5.41 Å². The molecular formula is C13H24N2O4. The normalized spacial score (nSPS) is 24.3. The Morgan fingerprint density at radius 3 is 2.58 bits per heavy atom. The van der Waals surface area contributed by atoms with Gasteiger partial charge in [0.2, 0.25) is 0 Å². The summed E-state index contributed by atoms with van der Waals surface area (Å²) < 4.78 is 0. The van der Waals surface area contributed by atoms with Gasteiger partial charge in [-0.05, 0) is 19.8 Å². The number of hydrogen-bond acceptors (Lipinski definition) is 3. The number of carbonyl (C=O) groups is 2. The van der Waals surface area contributed by atoms with E-state index in [9.17, 15) is 19.8 Å². The van der Waals surface area contributed by atoms with Gasteiger partial charge in [0.15, 0.2) is 0 Å². The number of rotatable bonds is 5. The van der Waals surface area contributed by atoms with Crippen molar-refractivity contribution in [3.8, 4) is 0 Å². The Hall–Kier alpha value is -1.30. The molecule has 0 aromatic heterocycles. The Kier molecular flexibility index (Phi) is 5.17. The summed E-state index contributed by atoms with van der Waals surface area (Å²) in [6.07, 6.45) is 1.30. The molecule has 1 rings (SSSR count). The van der Waals surface area contributed by atoms with E-state index in [4.69, 9.17) is 0 Å². The first-order chi connectivity index (χ1) is 8.82. The van der Waals surface area contributed by atoms with E-state index >= 15 is 0 Å². The van der Waals surface area contributed by atoms with E-state index in [-0.39, 0.29) is 19.1 Å². The van der Waals surface area contributed by atoms with Gasteiger partial charge in [0.1, 0.15) is 0 Å². The number of aliphatic carboxylic acids is 1. The molecule has 0 saturated carbocycles. The molecule has 1 aliphatic rings. The monoisotopic (exact) mass is 272 g/mol. The molecule has 1 saturated heterocycles. The average Bonchev–Trinajstić information content (AvgIpc) is 2.73. The SMILES string of the molecule is CCCC1(C(=O)O)CCN(C(=O)N(C)CC(C)O)C1. The quantitative estimate of drug-likeness (QED) is 0.782. The smallest absolute Gasteiger partial charge is 0.319 e. The lowest BCUT2D eigenvalue weighted by Gasteiger charge is -2.28. The molecule has 0 bridgehead atoms. The van der Waals surface area contributed by atoms with Crippen molar-refractivity contribution in [3.05, 3.63) is 0 Å². The molecule has 1 fully saturated rings. The summed E-state index contributed by atoms with van der Waals surface area (Å²) in [4.78, 5) is 26.6. The zero-order valence-electron chi connectivity index (χ0n) is 11.9. The molecule has 19 heavy (non-hydrogen) atoms. The van der Waals surface area contributed by atoms with Crippen LogP contribution in [0.1, 0.15) is 33.1 Å². The second-order valence-electron chi connectivity index (χ2n) is 5.52. The first kappa shape index (κ1) is 15.8. The number of hydrogen-bond donors (Lipinski definition) is 2. The van der Waals surface area contributed by atoms with Gasteiger partial charge in [0.05, 0.1) is 11.5 Å². The molecule has 2 N–H and O–H groups in total. The summed E-state index contributed by atoms with van der Waals surface area (Å²) in [7, 11) is 1.62. The van der Waals surface area contributed by atoms with Crippen LogP contribution in [0.5, 0.6) is 0 Å². The van der Waals surface area contributed by atoms with Gasteiger partial charge < -0.3 is 20.0 Å². The minimum atomic E-state index is -0.817. The van der Waals surface area contributed by atoms with Crippen LogP contribution in [0.3, 0.4) is 0 Å². The lowest BCUT2D eigenvalue weighted by atomic mass is 9.83. The molecule has 6 heteroatoms. The Labute approximate surface area is 114 Å². The first-order valence-corrected chi connectivity index (χ1v) is 6.74. The molecule has 0 aromatic carbocycles. The summed E-state index contributed by atoms with van der Waals surface area (Å²) in [5.74, 6) is -0.817. The Balaban J connectivity index is 2.68. The van der Waals surface area contributed by atoms with Crippen LogP contribution in [0.15, 0.2) is 0 Å². The van der Waals surface area contributed by atoms with Crippen LogP contribution in [0.4, 0.5) is 4.79 Å². The molecule has 1 aliphatic heterocycles. The molecule has 2 atom stereocenters. The van der Waals surface area contributed by atoms with Crippen LogP contribution in [-0.2, 0) is 4.79 Å². The molecule has 1 heterocycles. The zero-order valence-corrected chi connectivity index (χ0v) is 11.9. The van der Waals surface area contributed by atoms with Gasteiger partial charge in [0, 0.05) is 26.7 Å². The number of carboxylic acids is 1. The van der Waals surface area contributed by atoms with Crippen molar-refractivity contribution < 1.29 is 19.8 Å². The molecule has 110 valence electrons. The fourth-order valence-electron chi connectivity index (χ4n) is 2.72. The third-order valence-corrected chi connectivity index (χ3v) is 3.67. The fraction of sp³-hybridized carbons (Fsp3) is 0.846. The van der Waals surface area contributed by atoms with Gasteiger partial charge >= 0.3 is 12.0 Å². The van der Waals surface area contributed by atoms with E-state index in [0.717, 1.165) is 6.42 Å². The number of aliphatic hydroxyl groups is 1. The number of nitrogens with zero attached hydrogens (tertiary/aromatic N) is 2. The molecule has 6 nitrogen and oxygen atoms in total. The van der Waals surface area contributed by atoms with Crippen molar-refractivity contribution >= 4 is 12.0 Å². The Bertz CT molecular complexity index is 346. The highest BCUT2D eigenvalue weighted by Gasteiger charge is 2.45. The highest BCUT2D eigenvalue weighted by molar-refractivity contribution is 5.79. The second kappa shape index (κ2) is 6.23. The first-order valence-electron chi connectivity index (χ1n) is 6.74. The van der Waals surface area contributed by atoms with E-state index < -0.39 is 17.5 Å². The molecule has 2 amide bonds. The second-order valence-corrected chi connectivity index (χ2v) is 5.52. The molecule has 2 unspecified atom stereocenters. The molecule has 0 aliphatic carbocycles. The zero-order chi connectivity index (χ0) is 14.6. The minimum Gasteiger partial charge on any atom is -0.481 e. The lowest BCUT2D eigenvalue weighted by molar-refractivity contribution is -0.148. The van der Waals surface area contributed by atoms with E-state index in [1.165, 1.54) is 4.90 Å². The number of likely N-dealkylation sites (N-methyl/N-ethyl adjacent to an activating group) is 1. The maximum absolute atomic E-state index is 12.1. The number of carboxylic acid groups (broad SMARTS) is 1. The van der Waals surface area contributed by atoms with Crippen molar-refractivity contribution in [2.75, 3.05) is 26.7 Å². The third-order valence-electron chi connectivity index (χ3n) is 3.67. The molecule has 0 aromatic rings. The Morgan fingerprint density at radius 1 is 1.47 bits per heavy atom. The highest BCUT2D eigenvalue weighted by Crippen LogP contribution is 2.35. The number of carbonyl (C=O) groups excluding carboxylic acids is 1. The summed E-state index contributed by atoms with van der Waals surface area (Å²) in [6.45, 7) is 4.55. The van der Waals surface area contributed by atoms with Crippen LogP contribution in [0.25, 0.3) is 0 Å². The summed E-state index contributed by atoms with van der Waals surface area (Å²) in [5, 5.41) is 18.7. The van der Waals surface area contributed by atoms with Crippen molar-refractivity contribution in [1.82, 2.24) is 9.80 Å². The molecule has 0 spiro atoms. The standard InChI is InChI=1S/C13H24N2O4/c1-4-5-13(11(17)18)6-7-15(9-13)12(19)14(3)8-10(2)16/h10,16H,4-9H2,1-3H3,(H,17,18). The van der Waals surface area contributed by atoms with Gasteiger partial charge in [-0.2, -0.15) is 0 Å². The highest BCUT2D eigenvalue weighted by atomic mass is 16.4. The largest absolute Gasteiger partial charge is 0.481 e. The summed E-state index contributed by atoms with van der Waals surface area (Å²) in [5.41, 5.74) is -0.796. The fourth-order valence-corrected chi connectivity index (χ4v) is 2.72. The maximum Gasteiger partial charge on any atom is 0.319 e. The van der Waals surface area contributed by atoms with E-state index in [1.807, 2.05) is 6.92 Å². The molecular weight excluding hydrogens is 248 g/mol. The third kappa shape index (κ3) is 3.59. The predicted octanol–water partition coefficient (Wildman–Crippen LogP) is 0.996. The van der Waals surface area contributed by atoms with Crippen LogP contribution in [-0.4, -0.2) is 64.8 Å². The number of urea groups is 1. The van der Waals surface area contributed by atoms with Crippen LogP contribution in [0.2, 0.25) is 0 Å². The van der Waals surface area contributed by atoms with Gasteiger partial charge in [-0.3, -0.25) is 4.79 Å². The Morgan fingerprint density at radius 2 is 2.11 bits per heavy atom. The predicted molar refractivity (Wildman–Crippen MR) is 70.9 cm³/mol. The van der Waals surface area contributed by atoms with E-state index in [0.29, 0.717) is 19.4 Å². The van der Waals surface area contributed by atoms with E-state index in [2.05, 4.69) is 0 Å². The maximum atomic E-state index is 12.1. The van der Waals surface area contributed by atoms with Crippen LogP contribution >= 0.6 is 0 Å². The van der Waals surface area contributed by atoms with Crippen LogP contribution < -0.4 is 0 Å². The summed E-state index contributed by atoms with van der Waals surface area (Å²) >= 11 is 0. The number of amides is 2. The lowest BCUT2D eigenvalue weighted by Crippen LogP contribution is -2.44. The minimum absolute atomic E-state index is 0.208. The van der Waals surface area contributed by atoms with Crippen molar-refractivity contribution in [3.63, 3.8) is 0 Å². The number of aliphatic hydroxyl groups excluding tert-OH is 1. The van der Waals surface area contributed by atoms with Crippen molar-refractivity contribution in [2.45, 2.75) is 39.2 Å². The van der Waals surface area contributed by atoms with E-state index in [1.54, 1.807) is 18.9 Å². The topological polar surface area (TPSA) is 81.1 Å². The average molecular weight is 272 g/mol. The molecule has 0 radical (unpaired) electrons. The van der Waals surface area contributed by atoms with Gasteiger partial charge in [0.25, 0.3) is 0 Å². The van der Waals surface area contributed by atoms with Crippen LogP contribution in [0, 0.1) is 5.41 Å².